The lowest BCUT2D eigenvalue weighted by Crippen LogP contribution is -2.00. The molecule has 5 nitrogen and oxygen atoms in total. The minimum absolute atomic E-state index is 0.622. The second-order valence-corrected chi connectivity index (χ2v) is 9.99. The molecular formula is C36H23N5. The van der Waals surface area contributed by atoms with E-state index in [-0.39, 0.29) is 0 Å². The zero-order valence-electron chi connectivity index (χ0n) is 22.0. The summed E-state index contributed by atoms with van der Waals surface area (Å²) in [6.45, 7) is 0. The van der Waals surface area contributed by atoms with E-state index in [9.17, 15) is 0 Å². The number of fused-ring (bicyclic) bond motifs is 5. The number of para-hydroxylation sites is 3. The van der Waals surface area contributed by atoms with Gasteiger partial charge in [-0.1, -0.05) is 109 Å². The van der Waals surface area contributed by atoms with Crippen LogP contribution >= 0.6 is 0 Å². The molecule has 0 radical (unpaired) electrons. The molecule has 0 saturated carbocycles. The van der Waals surface area contributed by atoms with E-state index in [1.165, 1.54) is 5.39 Å². The van der Waals surface area contributed by atoms with Gasteiger partial charge in [-0.15, -0.1) is 0 Å². The fourth-order valence-corrected chi connectivity index (χ4v) is 5.47. The number of hydrogen-bond acceptors (Lipinski definition) is 4. The summed E-state index contributed by atoms with van der Waals surface area (Å²) >= 11 is 0. The summed E-state index contributed by atoms with van der Waals surface area (Å²) in [4.78, 5) is 19.9. The van der Waals surface area contributed by atoms with Gasteiger partial charge in [0, 0.05) is 27.6 Å². The van der Waals surface area contributed by atoms with Gasteiger partial charge in [-0.05, 0) is 30.3 Å². The largest absolute Gasteiger partial charge is 0.306 e. The molecule has 0 spiro atoms. The highest BCUT2D eigenvalue weighted by atomic mass is 15.0. The molecule has 0 bridgehead atoms. The zero-order valence-corrected chi connectivity index (χ0v) is 22.0. The Kier molecular flexibility index (Phi) is 5.38. The quantitative estimate of drug-likeness (QED) is 0.231. The molecule has 0 fully saturated rings. The second-order valence-electron chi connectivity index (χ2n) is 9.99. The first-order chi connectivity index (χ1) is 20.3. The van der Waals surface area contributed by atoms with Gasteiger partial charge in [0.15, 0.2) is 17.5 Å². The first-order valence-corrected chi connectivity index (χ1v) is 13.6. The highest BCUT2D eigenvalue weighted by molar-refractivity contribution is 5.98. The SMILES string of the molecule is c1ccc(-c2nc(-c3ccccc3)nc(-c3cccc(-c4nc5ccccc5n5c4cc4ccccc45)c3)n2)cc1. The van der Waals surface area contributed by atoms with Gasteiger partial charge in [-0.25, -0.2) is 19.9 Å². The predicted molar refractivity (Wildman–Crippen MR) is 165 cm³/mol. The Morgan fingerprint density at radius 3 is 1.61 bits per heavy atom. The third-order valence-electron chi connectivity index (χ3n) is 7.40. The monoisotopic (exact) mass is 525 g/mol. The molecule has 0 aliphatic rings. The molecule has 8 aromatic rings. The molecular weight excluding hydrogens is 502 g/mol. The van der Waals surface area contributed by atoms with Crippen molar-refractivity contribution in [3.8, 4) is 45.4 Å². The number of hydrogen-bond donors (Lipinski definition) is 0. The van der Waals surface area contributed by atoms with Crippen LogP contribution in [0, 0.1) is 0 Å². The van der Waals surface area contributed by atoms with Crippen molar-refractivity contribution in [1.82, 2.24) is 24.3 Å². The fraction of sp³-hybridized carbons (Fsp3) is 0. The lowest BCUT2D eigenvalue weighted by atomic mass is 10.1. The Hall–Kier alpha value is -5.68. The summed E-state index contributed by atoms with van der Waals surface area (Å²) in [6.07, 6.45) is 0. The van der Waals surface area contributed by atoms with E-state index in [0.29, 0.717) is 17.5 Å². The normalized spacial score (nSPS) is 11.4. The van der Waals surface area contributed by atoms with Crippen LogP contribution in [0.2, 0.25) is 0 Å². The van der Waals surface area contributed by atoms with Crippen molar-refractivity contribution in [1.29, 1.82) is 0 Å². The predicted octanol–water partition coefficient (Wildman–Crippen LogP) is 8.49. The maximum absolute atomic E-state index is 5.16. The smallest absolute Gasteiger partial charge is 0.164 e. The molecule has 0 atom stereocenters. The van der Waals surface area contributed by atoms with Crippen LogP contribution in [0.15, 0.2) is 140 Å². The highest BCUT2D eigenvalue weighted by Crippen LogP contribution is 2.34. The highest BCUT2D eigenvalue weighted by Gasteiger charge is 2.16. The maximum atomic E-state index is 5.16. The van der Waals surface area contributed by atoms with Crippen molar-refractivity contribution < 1.29 is 0 Å². The summed E-state index contributed by atoms with van der Waals surface area (Å²) in [5, 5.41) is 1.18. The van der Waals surface area contributed by atoms with Crippen LogP contribution in [0.3, 0.4) is 0 Å². The van der Waals surface area contributed by atoms with E-state index in [1.54, 1.807) is 0 Å². The summed E-state index contributed by atoms with van der Waals surface area (Å²) in [6, 6.07) is 47.4. The van der Waals surface area contributed by atoms with Gasteiger partial charge in [0.1, 0.15) is 0 Å². The van der Waals surface area contributed by atoms with E-state index in [1.807, 2.05) is 66.7 Å². The standard InChI is InChI=1S/C36H23N5/c1-3-12-24(13-4-1)34-38-35(25-14-5-2-6-15-25)40-36(39-34)28-18-11-17-27(22-28)33-32-23-26-16-7-9-20-30(26)41(32)31-21-10-8-19-29(31)37-33/h1-23H. The summed E-state index contributed by atoms with van der Waals surface area (Å²) in [7, 11) is 0. The average molecular weight is 526 g/mol. The zero-order chi connectivity index (χ0) is 27.2. The van der Waals surface area contributed by atoms with Gasteiger partial charge in [-0.3, -0.25) is 0 Å². The van der Waals surface area contributed by atoms with Crippen LogP contribution in [0.4, 0.5) is 0 Å². The van der Waals surface area contributed by atoms with E-state index < -0.39 is 0 Å². The molecule has 3 heterocycles. The molecule has 0 aliphatic carbocycles. The Bertz CT molecular complexity index is 2140. The van der Waals surface area contributed by atoms with Gasteiger partial charge in [0.25, 0.3) is 0 Å². The Morgan fingerprint density at radius 1 is 0.366 bits per heavy atom. The average Bonchev–Trinajstić information content (AvgIpc) is 3.45. The van der Waals surface area contributed by atoms with E-state index in [0.717, 1.165) is 50.0 Å². The number of aromatic nitrogens is 5. The lowest BCUT2D eigenvalue weighted by Gasteiger charge is -2.11. The van der Waals surface area contributed by atoms with Crippen molar-refractivity contribution in [3.63, 3.8) is 0 Å². The molecule has 41 heavy (non-hydrogen) atoms. The third kappa shape index (κ3) is 4.03. The molecule has 0 saturated heterocycles. The summed E-state index contributed by atoms with van der Waals surface area (Å²) in [5.41, 5.74) is 8.98. The fourth-order valence-electron chi connectivity index (χ4n) is 5.47. The molecule has 0 aliphatic heterocycles. The first kappa shape index (κ1) is 23.2. The Labute approximate surface area is 236 Å². The second kappa shape index (κ2) is 9.50. The molecule has 0 N–H and O–H groups in total. The number of nitrogens with zero attached hydrogens (tertiary/aromatic N) is 5. The van der Waals surface area contributed by atoms with Crippen LogP contribution in [-0.4, -0.2) is 24.3 Å². The third-order valence-corrected chi connectivity index (χ3v) is 7.40. The van der Waals surface area contributed by atoms with E-state index in [4.69, 9.17) is 19.9 Å². The summed E-state index contributed by atoms with van der Waals surface area (Å²) < 4.78 is 2.31. The van der Waals surface area contributed by atoms with Crippen LogP contribution < -0.4 is 0 Å². The molecule has 5 heteroatoms. The lowest BCUT2D eigenvalue weighted by molar-refractivity contribution is 1.07. The minimum Gasteiger partial charge on any atom is -0.306 e. The van der Waals surface area contributed by atoms with Crippen molar-refractivity contribution in [2.45, 2.75) is 0 Å². The van der Waals surface area contributed by atoms with Crippen LogP contribution in [0.25, 0.3) is 72.9 Å². The van der Waals surface area contributed by atoms with E-state index in [2.05, 4.69) is 77.2 Å². The molecule has 8 rings (SSSR count). The van der Waals surface area contributed by atoms with E-state index >= 15 is 0 Å². The van der Waals surface area contributed by atoms with Crippen molar-refractivity contribution in [2.24, 2.45) is 0 Å². The molecule has 5 aromatic carbocycles. The summed E-state index contributed by atoms with van der Waals surface area (Å²) in [5.74, 6) is 1.91. The topological polar surface area (TPSA) is 56.0 Å². The van der Waals surface area contributed by atoms with Crippen LogP contribution in [-0.2, 0) is 0 Å². The molecule has 0 unspecified atom stereocenters. The van der Waals surface area contributed by atoms with Gasteiger partial charge in [0.05, 0.1) is 27.8 Å². The van der Waals surface area contributed by atoms with Gasteiger partial charge in [-0.2, -0.15) is 0 Å². The van der Waals surface area contributed by atoms with Crippen LogP contribution in [0.1, 0.15) is 0 Å². The van der Waals surface area contributed by atoms with Gasteiger partial charge >= 0.3 is 0 Å². The number of benzene rings is 5. The number of rotatable bonds is 4. The van der Waals surface area contributed by atoms with Crippen molar-refractivity contribution >= 4 is 27.5 Å². The van der Waals surface area contributed by atoms with Crippen LogP contribution in [0.5, 0.6) is 0 Å². The molecule has 3 aromatic heterocycles. The van der Waals surface area contributed by atoms with Crippen molar-refractivity contribution in [2.75, 3.05) is 0 Å². The Balaban J connectivity index is 1.35. The first-order valence-electron chi connectivity index (χ1n) is 13.6. The van der Waals surface area contributed by atoms with Crippen molar-refractivity contribution in [3.05, 3.63) is 140 Å². The molecule has 0 amide bonds. The maximum Gasteiger partial charge on any atom is 0.164 e. The van der Waals surface area contributed by atoms with Gasteiger partial charge < -0.3 is 4.40 Å². The van der Waals surface area contributed by atoms with Gasteiger partial charge in [0.2, 0.25) is 0 Å². The minimum atomic E-state index is 0.622. The Morgan fingerprint density at radius 2 is 0.902 bits per heavy atom. The molecule has 192 valence electrons.